The maximum atomic E-state index is 10.7. The van der Waals surface area contributed by atoms with Gasteiger partial charge in [-0.05, 0) is 25.3 Å². The van der Waals surface area contributed by atoms with Gasteiger partial charge in [-0.25, -0.2) is 4.98 Å². The second-order valence-corrected chi connectivity index (χ2v) is 6.79. The van der Waals surface area contributed by atoms with Gasteiger partial charge in [0, 0.05) is 36.8 Å². The quantitative estimate of drug-likeness (QED) is 0.814. The highest BCUT2D eigenvalue weighted by molar-refractivity contribution is 8.01. The van der Waals surface area contributed by atoms with E-state index in [0.29, 0.717) is 12.3 Å². The van der Waals surface area contributed by atoms with E-state index in [1.807, 2.05) is 11.6 Å². The average molecular weight is 286 g/mol. The summed E-state index contributed by atoms with van der Waals surface area (Å²) in [6, 6.07) is 0. The molecule has 100 valence electrons. The number of aromatic nitrogens is 1. The fourth-order valence-corrected chi connectivity index (χ4v) is 4.02. The van der Waals surface area contributed by atoms with Crippen molar-refractivity contribution in [2.24, 2.45) is 5.92 Å². The molecule has 1 aromatic rings. The van der Waals surface area contributed by atoms with Gasteiger partial charge in [-0.3, -0.25) is 4.79 Å². The Hall–Kier alpha value is -0.590. The lowest BCUT2D eigenvalue weighted by molar-refractivity contribution is -0.138. The van der Waals surface area contributed by atoms with Crippen molar-refractivity contribution in [3.05, 3.63) is 11.6 Å². The molecule has 0 aromatic carbocycles. The van der Waals surface area contributed by atoms with Crippen LogP contribution in [0, 0.1) is 5.92 Å². The van der Waals surface area contributed by atoms with E-state index in [4.69, 9.17) is 5.11 Å². The van der Waals surface area contributed by atoms with E-state index < -0.39 is 5.97 Å². The molecular weight excluding hydrogens is 268 g/mol. The van der Waals surface area contributed by atoms with Crippen molar-refractivity contribution in [3.8, 4) is 0 Å². The van der Waals surface area contributed by atoms with Crippen LogP contribution in [0.2, 0.25) is 0 Å². The van der Waals surface area contributed by atoms with Crippen LogP contribution in [-0.4, -0.2) is 46.3 Å². The van der Waals surface area contributed by atoms with E-state index in [1.54, 1.807) is 23.1 Å². The first kappa shape index (κ1) is 13.8. The van der Waals surface area contributed by atoms with E-state index in [9.17, 15) is 4.79 Å². The molecule has 0 aliphatic carbocycles. The molecule has 0 radical (unpaired) electrons. The molecule has 1 saturated heterocycles. The molecule has 1 aromatic heterocycles. The summed E-state index contributed by atoms with van der Waals surface area (Å²) < 4.78 is 1.12. The molecule has 0 bridgehead atoms. The summed E-state index contributed by atoms with van der Waals surface area (Å²) in [4.78, 5) is 17.3. The van der Waals surface area contributed by atoms with Crippen molar-refractivity contribution in [1.82, 2.24) is 9.88 Å². The van der Waals surface area contributed by atoms with Crippen molar-refractivity contribution in [3.63, 3.8) is 0 Å². The third kappa shape index (κ3) is 4.59. The van der Waals surface area contributed by atoms with Gasteiger partial charge in [0.2, 0.25) is 0 Å². The number of rotatable bonds is 6. The van der Waals surface area contributed by atoms with Gasteiger partial charge >= 0.3 is 5.97 Å². The van der Waals surface area contributed by atoms with E-state index in [2.05, 4.69) is 9.88 Å². The van der Waals surface area contributed by atoms with Gasteiger partial charge in [0.05, 0.1) is 0 Å². The lowest BCUT2D eigenvalue weighted by atomic mass is 9.95. The number of thiazole rings is 1. The molecule has 1 unspecified atom stereocenters. The average Bonchev–Trinajstić information content (AvgIpc) is 2.82. The van der Waals surface area contributed by atoms with E-state index in [-0.39, 0.29) is 0 Å². The highest BCUT2D eigenvalue weighted by Crippen LogP contribution is 2.22. The van der Waals surface area contributed by atoms with Crippen molar-refractivity contribution in [2.45, 2.75) is 23.6 Å². The minimum atomic E-state index is -0.668. The predicted molar refractivity (Wildman–Crippen MR) is 74.3 cm³/mol. The number of carboxylic acids is 1. The molecule has 1 atom stereocenters. The largest absolute Gasteiger partial charge is 0.481 e. The van der Waals surface area contributed by atoms with Gasteiger partial charge in [0.1, 0.15) is 4.34 Å². The second-order valence-electron chi connectivity index (χ2n) is 4.55. The van der Waals surface area contributed by atoms with Crippen LogP contribution >= 0.6 is 23.1 Å². The molecular formula is C12H18N2O2S2. The molecule has 0 saturated carbocycles. The number of nitrogens with zero attached hydrogens (tertiary/aromatic N) is 2. The van der Waals surface area contributed by atoms with Crippen LogP contribution in [0.15, 0.2) is 15.9 Å². The first-order chi connectivity index (χ1) is 8.74. The van der Waals surface area contributed by atoms with E-state index >= 15 is 0 Å². The molecule has 1 N–H and O–H groups in total. The summed E-state index contributed by atoms with van der Waals surface area (Å²) in [7, 11) is 0. The van der Waals surface area contributed by atoms with Crippen LogP contribution in [0.25, 0.3) is 0 Å². The van der Waals surface area contributed by atoms with Gasteiger partial charge in [0.15, 0.2) is 0 Å². The third-order valence-electron chi connectivity index (χ3n) is 3.11. The third-order valence-corrected chi connectivity index (χ3v) is 5.06. The van der Waals surface area contributed by atoms with Gasteiger partial charge in [-0.1, -0.05) is 11.8 Å². The molecule has 0 amide bonds. The second kappa shape index (κ2) is 7.11. The van der Waals surface area contributed by atoms with Crippen LogP contribution in [0.5, 0.6) is 0 Å². The molecule has 18 heavy (non-hydrogen) atoms. The number of hydrogen-bond acceptors (Lipinski definition) is 5. The lowest BCUT2D eigenvalue weighted by Crippen LogP contribution is -2.37. The summed E-state index contributed by atoms with van der Waals surface area (Å²) >= 11 is 3.46. The fraction of sp³-hybridized carbons (Fsp3) is 0.667. The summed E-state index contributed by atoms with van der Waals surface area (Å²) in [5, 5.41) is 10.8. The van der Waals surface area contributed by atoms with Crippen molar-refractivity contribution < 1.29 is 9.90 Å². The summed E-state index contributed by atoms with van der Waals surface area (Å²) in [6.07, 6.45) is 4.33. The normalized spacial score (nSPS) is 21.0. The van der Waals surface area contributed by atoms with E-state index in [1.165, 1.54) is 0 Å². The SMILES string of the molecule is O=C(O)CC1CCCN(CCSc2nccs2)C1. The maximum absolute atomic E-state index is 10.7. The predicted octanol–water partition coefficient (Wildman–Crippen LogP) is 2.42. The number of piperidine rings is 1. The summed E-state index contributed by atoms with van der Waals surface area (Å²) in [5.74, 6) is 0.702. The van der Waals surface area contributed by atoms with Crippen LogP contribution in [-0.2, 0) is 4.79 Å². The molecule has 2 rings (SSSR count). The zero-order valence-electron chi connectivity index (χ0n) is 10.2. The van der Waals surface area contributed by atoms with Gasteiger partial charge in [-0.2, -0.15) is 0 Å². The van der Waals surface area contributed by atoms with Crippen LogP contribution in [0.4, 0.5) is 0 Å². The Morgan fingerprint density at radius 2 is 2.56 bits per heavy atom. The number of carbonyl (C=O) groups is 1. The molecule has 6 heteroatoms. The Morgan fingerprint density at radius 1 is 1.67 bits per heavy atom. The van der Waals surface area contributed by atoms with Crippen LogP contribution < -0.4 is 0 Å². The number of carboxylic acid groups (broad SMARTS) is 1. The molecule has 4 nitrogen and oxygen atoms in total. The van der Waals surface area contributed by atoms with Crippen molar-refractivity contribution in [2.75, 3.05) is 25.4 Å². The first-order valence-electron chi connectivity index (χ1n) is 6.20. The standard InChI is InChI=1S/C12H18N2O2S2/c15-11(16)8-10-2-1-4-14(9-10)5-7-18-12-13-3-6-17-12/h3,6,10H,1-2,4-5,7-9H2,(H,15,16). The Labute approximate surface area is 115 Å². The Kier molecular flexibility index (Phi) is 5.46. The summed E-state index contributed by atoms with van der Waals surface area (Å²) in [5.41, 5.74) is 0. The Morgan fingerprint density at radius 3 is 3.28 bits per heavy atom. The van der Waals surface area contributed by atoms with E-state index in [0.717, 1.165) is 42.6 Å². The summed E-state index contributed by atoms with van der Waals surface area (Å²) in [6.45, 7) is 3.07. The fourth-order valence-electron chi connectivity index (χ4n) is 2.31. The maximum Gasteiger partial charge on any atom is 0.303 e. The molecule has 2 heterocycles. The lowest BCUT2D eigenvalue weighted by Gasteiger charge is -2.31. The molecule has 0 spiro atoms. The Balaban J connectivity index is 1.67. The number of hydrogen-bond donors (Lipinski definition) is 1. The van der Waals surface area contributed by atoms with Crippen LogP contribution in [0.1, 0.15) is 19.3 Å². The topological polar surface area (TPSA) is 53.4 Å². The van der Waals surface area contributed by atoms with Gasteiger partial charge < -0.3 is 10.0 Å². The molecule has 1 aliphatic rings. The van der Waals surface area contributed by atoms with Gasteiger partial charge in [0.25, 0.3) is 0 Å². The van der Waals surface area contributed by atoms with Gasteiger partial charge in [-0.15, -0.1) is 11.3 Å². The minimum absolute atomic E-state index is 0.316. The molecule has 1 aliphatic heterocycles. The zero-order chi connectivity index (χ0) is 12.8. The minimum Gasteiger partial charge on any atom is -0.481 e. The first-order valence-corrected chi connectivity index (χ1v) is 8.07. The zero-order valence-corrected chi connectivity index (χ0v) is 11.9. The monoisotopic (exact) mass is 286 g/mol. The van der Waals surface area contributed by atoms with Crippen molar-refractivity contribution >= 4 is 29.1 Å². The Bertz CT molecular complexity index is 370. The number of aliphatic carboxylic acids is 1. The highest BCUT2D eigenvalue weighted by atomic mass is 32.2. The highest BCUT2D eigenvalue weighted by Gasteiger charge is 2.21. The smallest absolute Gasteiger partial charge is 0.303 e. The number of thioether (sulfide) groups is 1. The van der Waals surface area contributed by atoms with Crippen molar-refractivity contribution in [1.29, 1.82) is 0 Å². The number of likely N-dealkylation sites (tertiary alicyclic amines) is 1. The van der Waals surface area contributed by atoms with Crippen LogP contribution in [0.3, 0.4) is 0 Å². The molecule has 1 fully saturated rings.